The van der Waals surface area contributed by atoms with Crippen LogP contribution in [0.2, 0.25) is 0 Å². The first-order chi connectivity index (χ1) is 12.2. The molecule has 1 fully saturated rings. The Morgan fingerprint density at radius 3 is 2.48 bits per heavy atom. The van der Waals surface area contributed by atoms with Gasteiger partial charge in [0.2, 0.25) is 5.91 Å². The van der Waals surface area contributed by atoms with E-state index in [9.17, 15) is 4.79 Å². The van der Waals surface area contributed by atoms with Crippen molar-refractivity contribution in [2.24, 2.45) is 5.92 Å². The Balaban J connectivity index is 1.37. The number of amides is 1. The molecule has 1 saturated heterocycles. The number of nitrogens with zero attached hydrogens (tertiary/aromatic N) is 4. The minimum Gasteiger partial charge on any atom is -0.497 e. The number of carbonyl (C=O) groups excluding carboxylic acids is 1. The topological polar surface area (TPSA) is 72.3 Å². The number of nitrogens with one attached hydrogen (secondary N) is 1. The number of likely N-dealkylation sites (tertiary alicyclic amines) is 1. The number of hydrogen-bond donors (Lipinski definition) is 1. The maximum Gasteiger partial charge on any atom is 0.223 e. The molecule has 7 heteroatoms. The van der Waals surface area contributed by atoms with Gasteiger partial charge in [0, 0.05) is 25.6 Å². The van der Waals surface area contributed by atoms with Gasteiger partial charge in [-0.2, -0.15) is 0 Å². The lowest BCUT2D eigenvalue weighted by atomic mass is 9.96. The zero-order valence-electron chi connectivity index (χ0n) is 14.6. The van der Waals surface area contributed by atoms with Gasteiger partial charge < -0.3 is 19.5 Å². The van der Waals surface area contributed by atoms with E-state index in [1.165, 1.54) is 0 Å². The van der Waals surface area contributed by atoms with Crippen molar-refractivity contribution in [1.82, 2.24) is 25.0 Å². The number of carbonyl (C=O) groups is 1. The highest BCUT2D eigenvalue weighted by Gasteiger charge is 2.24. The molecule has 0 radical (unpaired) electrons. The Bertz CT molecular complexity index is 649. The summed E-state index contributed by atoms with van der Waals surface area (Å²) >= 11 is 0. The maximum absolute atomic E-state index is 12.4. The standard InChI is InChI=1S/C18H25N5O2/c1-25-17-4-2-15(3-5-17)12-19-18(24)16-6-8-22(9-7-16)10-11-23-13-20-21-14-23/h2-5,13-14,16H,6-12H2,1H3,(H,19,24). The fourth-order valence-electron chi connectivity index (χ4n) is 3.09. The van der Waals surface area contributed by atoms with Crippen LogP contribution in [0.3, 0.4) is 0 Å². The molecular weight excluding hydrogens is 318 g/mol. The van der Waals surface area contributed by atoms with Crippen molar-refractivity contribution in [3.05, 3.63) is 42.5 Å². The average molecular weight is 343 g/mol. The van der Waals surface area contributed by atoms with E-state index in [1.807, 2.05) is 28.8 Å². The number of piperidine rings is 1. The molecule has 3 rings (SSSR count). The lowest BCUT2D eigenvalue weighted by molar-refractivity contribution is -0.126. The van der Waals surface area contributed by atoms with Crippen LogP contribution in [0.4, 0.5) is 0 Å². The van der Waals surface area contributed by atoms with E-state index in [0.717, 1.165) is 50.3 Å². The van der Waals surface area contributed by atoms with Gasteiger partial charge in [-0.25, -0.2) is 0 Å². The van der Waals surface area contributed by atoms with Crippen LogP contribution in [0, 0.1) is 5.92 Å². The van der Waals surface area contributed by atoms with Crippen molar-refractivity contribution in [2.75, 3.05) is 26.7 Å². The van der Waals surface area contributed by atoms with Gasteiger partial charge in [0.25, 0.3) is 0 Å². The zero-order valence-corrected chi connectivity index (χ0v) is 14.6. The Hall–Kier alpha value is -2.41. The van der Waals surface area contributed by atoms with E-state index in [2.05, 4.69) is 20.4 Å². The molecular formula is C18H25N5O2. The van der Waals surface area contributed by atoms with Gasteiger partial charge in [0.1, 0.15) is 18.4 Å². The van der Waals surface area contributed by atoms with Gasteiger partial charge in [-0.1, -0.05) is 12.1 Å². The third-order valence-electron chi connectivity index (χ3n) is 4.73. The van der Waals surface area contributed by atoms with Crippen molar-refractivity contribution < 1.29 is 9.53 Å². The highest BCUT2D eigenvalue weighted by molar-refractivity contribution is 5.78. The molecule has 1 aromatic carbocycles. The lowest BCUT2D eigenvalue weighted by Gasteiger charge is -2.31. The summed E-state index contributed by atoms with van der Waals surface area (Å²) in [5, 5.41) is 10.7. The van der Waals surface area contributed by atoms with Crippen LogP contribution < -0.4 is 10.1 Å². The Morgan fingerprint density at radius 1 is 1.16 bits per heavy atom. The van der Waals surface area contributed by atoms with Crippen molar-refractivity contribution in [3.63, 3.8) is 0 Å². The van der Waals surface area contributed by atoms with Gasteiger partial charge in [-0.05, 0) is 43.6 Å². The highest BCUT2D eigenvalue weighted by atomic mass is 16.5. The van der Waals surface area contributed by atoms with Gasteiger partial charge in [-0.15, -0.1) is 10.2 Å². The van der Waals surface area contributed by atoms with Gasteiger partial charge in [0.05, 0.1) is 7.11 Å². The quantitative estimate of drug-likeness (QED) is 0.821. The number of rotatable bonds is 7. The first-order valence-electron chi connectivity index (χ1n) is 8.70. The van der Waals surface area contributed by atoms with Crippen LogP contribution in [0.15, 0.2) is 36.9 Å². The predicted octanol–water partition coefficient (Wildman–Crippen LogP) is 1.32. The smallest absolute Gasteiger partial charge is 0.223 e. The number of hydrogen-bond acceptors (Lipinski definition) is 5. The lowest BCUT2D eigenvalue weighted by Crippen LogP contribution is -2.41. The van der Waals surface area contributed by atoms with E-state index in [0.29, 0.717) is 6.54 Å². The fraction of sp³-hybridized carbons (Fsp3) is 0.500. The molecule has 0 atom stereocenters. The summed E-state index contributed by atoms with van der Waals surface area (Å²) in [6.07, 6.45) is 5.30. The number of methoxy groups -OCH3 is 1. The van der Waals surface area contributed by atoms with Crippen molar-refractivity contribution >= 4 is 5.91 Å². The van der Waals surface area contributed by atoms with Crippen LogP contribution in [0.25, 0.3) is 0 Å². The van der Waals surface area contributed by atoms with Crippen LogP contribution in [-0.4, -0.2) is 52.3 Å². The van der Waals surface area contributed by atoms with E-state index in [-0.39, 0.29) is 11.8 Å². The molecule has 0 saturated carbocycles. The van der Waals surface area contributed by atoms with Crippen molar-refractivity contribution in [2.45, 2.75) is 25.9 Å². The largest absolute Gasteiger partial charge is 0.497 e. The van der Waals surface area contributed by atoms with Crippen LogP contribution in [0.5, 0.6) is 5.75 Å². The molecule has 0 aliphatic carbocycles. The number of benzene rings is 1. The van der Waals surface area contributed by atoms with Crippen LogP contribution in [0.1, 0.15) is 18.4 Å². The molecule has 2 heterocycles. The summed E-state index contributed by atoms with van der Waals surface area (Å²) in [5.74, 6) is 1.10. The van der Waals surface area contributed by atoms with E-state index < -0.39 is 0 Å². The second-order valence-electron chi connectivity index (χ2n) is 6.38. The Labute approximate surface area is 148 Å². The predicted molar refractivity (Wildman–Crippen MR) is 94.0 cm³/mol. The van der Waals surface area contributed by atoms with E-state index in [4.69, 9.17) is 4.74 Å². The van der Waals surface area contributed by atoms with Crippen LogP contribution >= 0.6 is 0 Å². The summed E-state index contributed by atoms with van der Waals surface area (Å²) in [7, 11) is 1.65. The molecule has 0 spiro atoms. The summed E-state index contributed by atoms with van der Waals surface area (Å²) in [6, 6.07) is 7.78. The van der Waals surface area contributed by atoms with Crippen LogP contribution in [-0.2, 0) is 17.9 Å². The summed E-state index contributed by atoms with van der Waals surface area (Å²) < 4.78 is 7.12. The second-order valence-corrected chi connectivity index (χ2v) is 6.38. The average Bonchev–Trinajstić information content (AvgIpc) is 3.19. The molecule has 1 aromatic heterocycles. The normalized spacial score (nSPS) is 15.9. The molecule has 134 valence electrons. The molecule has 0 unspecified atom stereocenters. The summed E-state index contributed by atoms with van der Waals surface area (Å²) in [4.78, 5) is 14.8. The van der Waals surface area contributed by atoms with E-state index in [1.54, 1.807) is 19.8 Å². The molecule has 1 aliphatic rings. The second kappa shape index (κ2) is 8.62. The number of ether oxygens (including phenoxy) is 1. The monoisotopic (exact) mass is 343 g/mol. The van der Waals surface area contributed by atoms with Gasteiger partial charge in [0.15, 0.2) is 0 Å². The van der Waals surface area contributed by atoms with Crippen molar-refractivity contribution in [1.29, 1.82) is 0 Å². The molecule has 1 aliphatic heterocycles. The van der Waals surface area contributed by atoms with Gasteiger partial charge in [-0.3, -0.25) is 4.79 Å². The molecule has 7 nitrogen and oxygen atoms in total. The van der Waals surface area contributed by atoms with E-state index >= 15 is 0 Å². The Morgan fingerprint density at radius 2 is 1.84 bits per heavy atom. The zero-order chi connectivity index (χ0) is 17.5. The summed E-state index contributed by atoms with van der Waals surface area (Å²) in [6.45, 7) is 4.35. The third kappa shape index (κ3) is 5.03. The third-order valence-corrected chi connectivity index (χ3v) is 4.73. The molecule has 2 aromatic rings. The van der Waals surface area contributed by atoms with Crippen molar-refractivity contribution in [3.8, 4) is 5.75 Å². The van der Waals surface area contributed by atoms with Gasteiger partial charge >= 0.3 is 0 Å². The SMILES string of the molecule is COc1ccc(CNC(=O)C2CCN(CCn3cnnc3)CC2)cc1. The molecule has 25 heavy (non-hydrogen) atoms. The fourth-order valence-corrected chi connectivity index (χ4v) is 3.09. The number of aromatic nitrogens is 3. The first kappa shape index (κ1) is 17.4. The first-order valence-corrected chi connectivity index (χ1v) is 8.70. The minimum absolute atomic E-state index is 0.115. The highest BCUT2D eigenvalue weighted by Crippen LogP contribution is 2.18. The summed E-state index contributed by atoms with van der Waals surface area (Å²) in [5.41, 5.74) is 1.08. The minimum atomic E-state index is 0.115. The molecule has 1 N–H and O–H groups in total. The molecule has 1 amide bonds. The maximum atomic E-state index is 12.4. The molecule has 0 bridgehead atoms. The Kier molecular flexibility index (Phi) is 6.00.